The van der Waals surface area contributed by atoms with Gasteiger partial charge in [0.1, 0.15) is 0 Å². The Labute approximate surface area is 76.1 Å². The van der Waals surface area contributed by atoms with Gasteiger partial charge in [-0.15, -0.1) is 0 Å². The summed E-state index contributed by atoms with van der Waals surface area (Å²) in [5, 5.41) is 0. The molecule has 2 rings (SSSR count). The van der Waals surface area contributed by atoms with Gasteiger partial charge in [0, 0.05) is 0 Å². The zero-order valence-corrected chi connectivity index (χ0v) is 8.18. The molecule has 2 aliphatic carbocycles. The number of allylic oxidation sites excluding steroid dienone is 2. The van der Waals surface area contributed by atoms with Gasteiger partial charge >= 0.3 is 0 Å². The topological polar surface area (TPSA) is 0 Å². The van der Waals surface area contributed by atoms with Gasteiger partial charge in [-0.3, -0.25) is 0 Å². The highest BCUT2D eigenvalue weighted by molar-refractivity contribution is 5.11. The third-order valence-corrected chi connectivity index (χ3v) is 3.59. The first kappa shape index (κ1) is 8.34. The average molecular weight is 164 g/mol. The Morgan fingerprint density at radius 3 is 2.50 bits per heavy atom. The van der Waals surface area contributed by atoms with Gasteiger partial charge in [0.05, 0.1) is 0 Å². The molecule has 0 spiro atoms. The molecule has 0 aromatic rings. The van der Waals surface area contributed by atoms with Gasteiger partial charge in [0.25, 0.3) is 0 Å². The maximum absolute atomic E-state index is 2.55. The van der Waals surface area contributed by atoms with E-state index in [2.05, 4.69) is 13.0 Å². The van der Waals surface area contributed by atoms with Crippen LogP contribution in [0.25, 0.3) is 0 Å². The van der Waals surface area contributed by atoms with Crippen molar-refractivity contribution in [2.24, 2.45) is 11.8 Å². The Balaban J connectivity index is 1.94. The molecule has 12 heavy (non-hydrogen) atoms. The van der Waals surface area contributed by atoms with Crippen molar-refractivity contribution in [3.05, 3.63) is 11.6 Å². The highest BCUT2D eigenvalue weighted by Gasteiger charge is 2.21. The first-order valence-electron chi connectivity index (χ1n) is 5.55. The molecule has 0 amide bonds. The van der Waals surface area contributed by atoms with E-state index in [1.165, 1.54) is 44.9 Å². The van der Waals surface area contributed by atoms with Crippen molar-refractivity contribution in [2.75, 3.05) is 0 Å². The molecule has 2 aliphatic rings. The molecule has 1 saturated carbocycles. The highest BCUT2D eigenvalue weighted by atomic mass is 14.3. The van der Waals surface area contributed by atoms with Crippen LogP contribution in [0.4, 0.5) is 0 Å². The Kier molecular flexibility index (Phi) is 2.53. The highest BCUT2D eigenvalue weighted by Crippen LogP contribution is 2.36. The van der Waals surface area contributed by atoms with E-state index in [0.29, 0.717) is 0 Å². The standard InChI is InChI=1S/C12H20/c1-10-6-8-12(9-7-10)11-4-2-3-5-11/h8,10-11H,2-7,9H2,1H3. The lowest BCUT2D eigenvalue weighted by atomic mass is 9.84. The van der Waals surface area contributed by atoms with E-state index in [1.807, 2.05) is 5.57 Å². The maximum atomic E-state index is 2.55. The molecule has 1 atom stereocenters. The van der Waals surface area contributed by atoms with Gasteiger partial charge < -0.3 is 0 Å². The molecule has 0 saturated heterocycles. The van der Waals surface area contributed by atoms with Gasteiger partial charge in [-0.05, 0) is 43.9 Å². The molecule has 0 radical (unpaired) electrons. The largest absolute Gasteiger partial charge is 0.0848 e. The van der Waals surface area contributed by atoms with Crippen LogP contribution >= 0.6 is 0 Å². The van der Waals surface area contributed by atoms with E-state index < -0.39 is 0 Å². The molecular formula is C12H20. The molecule has 68 valence electrons. The minimum Gasteiger partial charge on any atom is -0.0848 e. The molecule has 0 bridgehead atoms. The predicted molar refractivity (Wildman–Crippen MR) is 53.1 cm³/mol. The minimum atomic E-state index is 0.954. The summed E-state index contributed by atoms with van der Waals surface area (Å²) < 4.78 is 0. The van der Waals surface area contributed by atoms with E-state index >= 15 is 0 Å². The lowest BCUT2D eigenvalue weighted by Crippen LogP contribution is -2.07. The Morgan fingerprint density at radius 2 is 1.92 bits per heavy atom. The molecular weight excluding hydrogens is 144 g/mol. The monoisotopic (exact) mass is 164 g/mol. The SMILES string of the molecule is CC1CC=C(C2CCCC2)CC1. The third kappa shape index (κ3) is 1.73. The summed E-state index contributed by atoms with van der Waals surface area (Å²) in [6.07, 6.45) is 12.7. The molecule has 0 heterocycles. The second-order valence-corrected chi connectivity index (χ2v) is 4.64. The van der Waals surface area contributed by atoms with Gasteiger partial charge in [-0.25, -0.2) is 0 Å². The molecule has 0 aromatic heterocycles. The summed E-state index contributed by atoms with van der Waals surface area (Å²) in [6.45, 7) is 2.38. The van der Waals surface area contributed by atoms with Gasteiger partial charge in [-0.2, -0.15) is 0 Å². The van der Waals surface area contributed by atoms with E-state index in [9.17, 15) is 0 Å². The van der Waals surface area contributed by atoms with Crippen LogP contribution in [0.2, 0.25) is 0 Å². The number of hydrogen-bond donors (Lipinski definition) is 0. The van der Waals surface area contributed by atoms with Crippen LogP contribution < -0.4 is 0 Å². The van der Waals surface area contributed by atoms with E-state index in [1.54, 1.807) is 0 Å². The smallest absolute Gasteiger partial charge is 0.0203 e. The Morgan fingerprint density at radius 1 is 1.17 bits per heavy atom. The predicted octanol–water partition coefficient (Wildman–Crippen LogP) is 3.92. The van der Waals surface area contributed by atoms with Crippen molar-refractivity contribution in [3.63, 3.8) is 0 Å². The van der Waals surface area contributed by atoms with Crippen molar-refractivity contribution in [2.45, 2.75) is 51.9 Å². The number of rotatable bonds is 1. The lowest BCUT2D eigenvalue weighted by molar-refractivity contribution is 0.474. The lowest BCUT2D eigenvalue weighted by Gasteiger charge is -2.22. The first-order valence-corrected chi connectivity index (χ1v) is 5.55. The van der Waals surface area contributed by atoms with Crippen LogP contribution in [-0.4, -0.2) is 0 Å². The molecule has 0 aliphatic heterocycles. The fourth-order valence-corrected chi connectivity index (χ4v) is 2.65. The van der Waals surface area contributed by atoms with Crippen LogP contribution in [0.1, 0.15) is 51.9 Å². The Bertz CT molecular complexity index is 172. The van der Waals surface area contributed by atoms with E-state index in [4.69, 9.17) is 0 Å². The summed E-state index contributed by atoms with van der Waals surface area (Å²) in [7, 11) is 0. The summed E-state index contributed by atoms with van der Waals surface area (Å²) in [5.41, 5.74) is 1.81. The van der Waals surface area contributed by atoms with Crippen molar-refractivity contribution >= 4 is 0 Å². The van der Waals surface area contributed by atoms with Crippen molar-refractivity contribution in [1.29, 1.82) is 0 Å². The fraction of sp³-hybridized carbons (Fsp3) is 0.833. The molecule has 1 unspecified atom stereocenters. The molecule has 0 aromatic carbocycles. The summed E-state index contributed by atoms with van der Waals surface area (Å²) >= 11 is 0. The van der Waals surface area contributed by atoms with Crippen LogP contribution in [0.5, 0.6) is 0 Å². The maximum Gasteiger partial charge on any atom is -0.0203 e. The van der Waals surface area contributed by atoms with E-state index in [0.717, 1.165) is 11.8 Å². The zero-order valence-electron chi connectivity index (χ0n) is 8.18. The van der Waals surface area contributed by atoms with Gasteiger partial charge in [-0.1, -0.05) is 31.4 Å². The minimum absolute atomic E-state index is 0.954. The van der Waals surface area contributed by atoms with Crippen LogP contribution in [0.15, 0.2) is 11.6 Å². The normalized spacial score (nSPS) is 32.1. The van der Waals surface area contributed by atoms with Crippen molar-refractivity contribution in [1.82, 2.24) is 0 Å². The van der Waals surface area contributed by atoms with Crippen LogP contribution in [-0.2, 0) is 0 Å². The summed E-state index contributed by atoms with van der Waals surface area (Å²) in [5.74, 6) is 1.95. The second kappa shape index (κ2) is 3.64. The van der Waals surface area contributed by atoms with E-state index in [-0.39, 0.29) is 0 Å². The fourth-order valence-electron chi connectivity index (χ4n) is 2.65. The quantitative estimate of drug-likeness (QED) is 0.515. The van der Waals surface area contributed by atoms with Crippen LogP contribution in [0.3, 0.4) is 0 Å². The molecule has 0 N–H and O–H groups in total. The molecule has 0 heteroatoms. The second-order valence-electron chi connectivity index (χ2n) is 4.64. The van der Waals surface area contributed by atoms with Crippen molar-refractivity contribution < 1.29 is 0 Å². The average Bonchev–Trinajstić information content (AvgIpc) is 2.58. The number of hydrogen-bond acceptors (Lipinski definition) is 0. The van der Waals surface area contributed by atoms with Crippen LogP contribution in [0, 0.1) is 11.8 Å². The molecule has 1 fully saturated rings. The molecule has 0 nitrogen and oxygen atoms in total. The first-order chi connectivity index (χ1) is 5.86. The van der Waals surface area contributed by atoms with Gasteiger partial charge in [0.15, 0.2) is 0 Å². The summed E-state index contributed by atoms with van der Waals surface area (Å²) in [6, 6.07) is 0. The third-order valence-electron chi connectivity index (χ3n) is 3.59. The van der Waals surface area contributed by atoms with Crippen molar-refractivity contribution in [3.8, 4) is 0 Å². The summed E-state index contributed by atoms with van der Waals surface area (Å²) in [4.78, 5) is 0. The van der Waals surface area contributed by atoms with Gasteiger partial charge in [0.2, 0.25) is 0 Å². The zero-order chi connectivity index (χ0) is 8.39. The Hall–Kier alpha value is -0.260.